The van der Waals surface area contributed by atoms with Gasteiger partial charge in [-0.1, -0.05) is 6.42 Å². The Morgan fingerprint density at radius 3 is 2.66 bits per heavy atom. The normalized spacial score (nSPS) is 20.2. The summed E-state index contributed by atoms with van der Waals surface area (Å²) in [6.07, 6.45) is 10.2. The Kier molecular flexibility index (Phi) is 5.80. The van der Waals surface area contributed by atoms with Crippen molar-refractivity contribution < 1.29 is 14.3 Å². The number of benzene rings is 1. The van der Waals surface area contributed by atoms with E-state index in [-0.39, 0.29) is 11.5 Å². The van der Waals surface area contributed by atoms with Gasteiger partial charge in [-0.25, -0.2) is 0 Å². The highest BCUT2D eigenvalue weighted by atomic mass is 16.5. The Labute approximate surface area is 190 Å². The van der Waals surface area contributed by atoms with Gasteiger partial charge in [0.2, 0.25) is 0 Å². The number of piperidine rings is 1. The van der Waals surface area contributed by atoms with Crippen molar-refractivity contribution in [3.8, 4) is 11.5 Å². The molecule has 3 heterocycles. The van der Waals surface area contributed by atoms with Crippen molar-refractivity contribution in [1.29, 1.82) is 0 Å². The molecule has 170 valence electrons. The second-order valence-corrected chi connectivity index (χ2v) is 9.70. The molecule has 5 rings (SSSR count). The lowest BCUT2D eigenvalue weighted by molar-refractivity contribution is -0.0337. The van der Waals surface area contributed by atoms with Gasteiger partial charge in [-0.15, -0.1) is 0 Å². The number of rotatable bonds is 5. The molecule has 0 N–H and O–H groups in total. The van der Waals surface area contributed by atoms with Crippen LogP contribution in [0.3, 0.4) is 0 Å². The maximum absolute atomic E-state index is 12.0. The van der Waals surface area contributed by atoms with Crippen molar-refractivity contribution in [3.05, 3.63) is 53.3 Å². The molecule has 2 aromatic rings. The van der Waals surface area contributed by atoms with Crippen molar-refractivity contribution >= 4 is 5.91 Å². The largest absolute Gasteiger partial charge is 0.487 e. The summed E-state index contributed by atoms with van der Waals surface area (Å²) in [5.41, 5.74) is 2.63. The topological polar surface area (TPSA) is 54.9 Å². The predicted octanol–water partition coefficient (Wildman–Crippen LogP) is 4.07. The Hall–Kier alpha value is -2.60. The molecule has 1 aromatic heterocycles. The third kappa shape index (κ3) is 4.33. The fraction of sp³-hybridized carbons (Fsp3) is 0.538. The first-order valence-electron chi connectivity index (χ1n) is 11.9. The van der Waals surface area contributed by atoms with Crippen LogP contribution in [0.15, 0.2) is 36.5 Å². The predicted molar refractivity (Wildman–Crippen MR) is 123 cm³/mol. The van der Waals surface area contributed by atoms with E-state index in [1.807, 2.05) is 12.1 Å². The molecule has 0 radical (unpaired) electrons. The van der Waals surface area contributed by atoms with Gasteiger partial charge in [0.15, 0.2) is 0 Å². The van der Waals surface area contributed by atoms with E-state index in [0.717, 1.165) is 48.9 Å². The molecule has 2 fully saturated rings. The van der Waals surface area contributed by atoms with Crippen LogP contribution in [0.4, 0.5) is 0 Å². The van der Waals surface area contributed by atoms with Gasteiger partial charge in [-0.05, 0) is 74.4 Å². The molecule has 1 aliphatic carbocycles. The van der Waals surface area contributed by atoms with Crippen molar-refractivity contribution in [2.75, 3.05) is 27.2 Å². The van der Waals surface area contributed by atoms with Crippen LogP contribution in [0.5, 0.6) is 11.5 Å². The average molecular weight is 436 g/mol. The maximum atomic E-state index is 12.0. The van der Waals surface area contributed by atoms with E-state index in [4.69, 9.17) is 9.47 Å². The van der Waals surface area contributed by atoms with E-state index < -0.39 is 0 Å². The van der Waals surface area contributed by atoms with Crippen molar-refractivity contribution in [3.63, 3.8) is 0 Å². The summed E-state index contributed by atoms with van der Waals surface area (Å²) in [5.74, 6) is 1.80. The lowest BCUT2D eigenvalue weighted by Gasteiger charge is -2.48. The summed E-state index contributed by atoms with van der Waals surface area (Å²) in [7, 11) is 3.47. The lowest BCUT2D eigenvalue weighted by Crippen LogP contribution is -2.53. The monoisotopic (exact) mass is 435 g/mol. The van der Waals surface area contributed by atoms with Crippen LogP contribution in [-0.2, 0) is 13.0 Å². The number of hydrogen-bond acceptors (Lipinski definition) is 5. The van der Waals surface area contributed by atoms with Gasteiger partial charge < -0.3 is 19.3 Å². The molecular weight excluding hydrogens is 402 g/mol. The summed E-state index contributed by atoms with van der Waals surface area (Å²) < 4.78 is 12.6. The molecule has 1 spiro atoms. The number of nitrogens with zero attached hydrogens (tertiary/aromatic N) is 3. The van der Waals surface area contributed by atoms with E-state index in [0.29, 0.717) is 12.2 Å². The highest BCUT2D eigenvalue weighted by molar-refractivity contribution is 5.93. The Morgan fingerprint density at radius 2 is 2.00 bits per heavy atom. The number of aryl methyl sites for hydroxylation is 1. The molecule has 32 heavy (non-hydrogen) atoms. The van der Waals surface area contributed by atoms with E-state index in [1.54, 1.807) is 31.3 Å². The third-order valence-corrected chi connectivity index (χ3v) is 7.37. The molecule has 1 aromatic carbocycles. The Bertz CT molecular complexity index is 961. The van der Waals surface area contributed by atoms with E-state index in [2.05, 4.69) is 22.0 Å². The van der Waals surface area contributed by atoms with E-state index in [1.165, 1.54) is 37.9 Å². The van der Waals surface area contributed by atoms with Crippen LogP contribution < -0.4 is 9.47 Å². The zero-order valence-corrected chi connectivity index (χ0v) is 19.2. The van der Waals surface area contributed by atoms with E-state index in [9.17, 15) is 4.79 Å². The molecule has 1 saturated heterocycles. The SMILES string of the molecule is CN(C)C(=O)c1ccc(COc2ccc3c(c2)CCC2(CCN(C4CCC4)CC2)O3)nc1. The van der Waals surface area contributed by atoms with Crippen LogP contribution in [0, 0.1) is 0 Å². The summed E-state index contributed by atoms with van der Waals surface area (Å²) in [4.78, 5) is 20.6. The number of aromatic nitrogens is 1. The van der Waals surface area contributed by atoms with Crippen molar-refractivity contribution in [1.82, 2.24) is 14.8 Å². The quantitative estimate of drug-likeness (QED) is 0.709. The van der Waals surface area contributed by atoms with Crippen LogP contribution in [0.25, 0.3) is 0 Å². The number of hydrogen-bond donors (Lipinski definition) is 0. The van der Waals surface area contributed by atoms with Gasteiger partial charge in [0, 0.05) is 39.4 Å². The molecule has 1 saturated carbocycles. The van der Waals surface area contributed by atoms with E-state index >= 15 is 0 Å². The van der Waals surface area contributed by atoms with Gasteiger partial charge in [-0.2, -0.15) is 0 Å². The fourth-order valence-electron chi connectivity index (χ4n) is 5.04. The molecule has 0 atom stereocenters. The number of pyridine rings is 1. The number of fused-ring (bicyclic) bond motifs is 1. The maximum Gasteiger partial charge on any atom is 0.254 e. The van der Waals surface area contributed by atoms with Crippen LogP contribution >= 0.6 is 0 Å². The zero-order chi connectivity index (χ0) is 22.1. The van der Waals surface area contributed by atoms with Crippen LogP contribution in [0.2, 0.25) is 0 Å². The molecule has 0 unspecified atom stereocenters. The number of ether oxygens (including phenoxy) is 2. The van der Waals surface area contributed by atoms with Gasteiger partial charge in [0.25, 0.3) is 5.91 Å². The van der Waals surface area contributed by atoms with Crippen LogP contribution in [-0.4, -0.2) is 59.5 Å². The first-order chi connectivity index (χ1) is 15.5. The van der Waals surface area contributed by atoms with Gasteiger partial charge in [-0.3, -0.25) is 9.78 Å². The van der Waals surface area contributed by atoms with Gasteiger partial charge >= 0.3 is 0 Å². The third-order valence-electron chi connectivity index (χ3n) is 7.37. The van der Waals surface area contributed by atoms with Crippen LogP contribution in [0.1, 0.15) is 60.1 Å². The number of carbonyl (C=O) groups is 1. The zero-order valence-electron chi connectivity index (χ0n) is 19.2. The Morgan fingerprint density at radius 1 is 1.19 bits per heavy atom. The molecular formula is C26H33N3O3. The highest BCUT2D eigenvalue weighted by Crippen LogP contribution is 2.41. The molecule has 0 bridgehead atoms. The first-order valence-corrected chi connectivity index (χ1v) is 11.9. The highest BCUT2D eigenvalue weighted by Gasteiger charge is 2.41. The summed E-state index contributed by atoms with van der Waals surface area (Å²) >= 11 is 0. The number of carbonyl (C=O) groups excluding carboxylic acids is 1. The van der Waals surface area contributed by atoms with Gasteiger partial charge in [0.1, 0.15) is 23.7 Å². The molecule has 3 aliphatic rings. The second kappa shape index (κ2) is 8.74. The lowest BCUT2D eigenvalue weighted by atomic mass is 9.81. The second-order valence-electron chi connectivity index (χ2n) is 9.70. The first kappa shape index (κ1) is 21.3. The molecule has 2 aliphatic heterocycles. The molecule has 1 amide bonds. The molecule has 6 heteroatoms. The smallest absolute Gasteiger partial charge is 0.254 e. The minimum absolute atomic E-state index is 0.0191. The fourth-order valence-corrected chi connectivity index (χ4v) is 5.04. The summed E-state index contributed by atoms with van der Waals surface area (Å²) in [5, 5.41) is 0. The minimum atomic E-state index is -0.0499. The summed E-state index contributed by atoms with van der Waals surface area (Å²) in [6.45, 7) is 2.72. The van der Waals surface area contributed by atoms with Gasteiger partial charge in [0.05, 0.1) is 11.3 Å². The Balaban J connectivity index is 1.17. The number of likely N-dealkylation sites (tertiary alicyclic amines) is 1. The van der Waals surface area contributed by atoms with Crippen molar-refractivity contribution in [2.24, 2.45) is 0 Å². The van der Waals surface area contributed by atoms with Crippen molar-refractivity contribution in [2.45, 2.75) is 63.2 Å². The molecule has 6 nitrogen and oxygen atoms in total. The summed E-state index contributed by atoms with van der Waals surface area (Å²) in [6, 6.07) is 10.6. The standard InChI is InChI=1S/C26H33N3O3/c1-28(2)25(30)20-6-7-21(27-17-20)18-31-23-8-9-24-19(16-23)10-11-26(32-24)12-14-29(15-13-26)22-4-3-5-22/h6-9,16-17,22H,3-5,10-15,18H2,1-2H3. The minimum Gasteiger partial charge on any atom is -0.487 e. The number of amides is 1. The average Bonchev–Trinajstić information content (AvgIpc) is 2.78.